The second kappa shape index (κ2) is 5.32. The molecular weight excluding hydrogens is 252 g/mol. The van der Waals surface area contributed by atoms with Crippen LogP contribution in [0.1, 0.15) is 47.5 Å². The van der Waals surface area contributed by atoms with Crippen LogP contribution in [0.4, 0.5) is 0 Å². The monoisotopic (exact) mass is 274 g/mol. The first-order valence-electron chi connectivity index (χ1n) is 6.33. The lowest BCUT2D eigenvalue weighted by atomic mass is 9.74. The third-order valence-electron chi connectivity index (χ3n) is 3.78. The molecule has 1 aliphatic heterocycles. The summed E-state index contributed by atoms with van der Waals surface area (Å²) in [4.78, 5) is 31.4. The Morgan fingerprint density at radius 2 is 2.00 bits per heavy atom. The van der Waals surface area contributed by atoms with Crippen LogP contribution in [0.15, 0.2) is 0 Å². The zero-order valence-corrected chi connectivity index (χ0v) is 12.1. The van der Waals surface area contributed by atoms with E-state index in [2.05, 4.69) is 4.84 Å². The van der Waals surface area contributed by atoms with E-state index in [9.17, 15) is 14.9 Å². The van der Waals surface area contributed by atoms with Crippen molar-refractivity contribution in [1.82, 2.24) is 5.06 Å². The van der Waals surface area contributed by atoms with Crippen molar-refractivity contribution in [3.05, 3.63) is 10.1 Å². The van der Waals surface area contributed by atoms with E-state index in [-0.39, 0.29) is 18.1 Å². The Morgan fingerprint density at radius 1 is 1.42 bits per heavy atom. The maximum atomic E-state index is 11.3. The van der Waals surface area contributed by atoms with Gasteiger partial charge in [0.15, 0.2) is 0 Å². The highest BCUT2D eigenvalue weighted by Gasteiger charge is 2.49. The number of rotatable bonds is 4. The van der Waals surface area contributed by atoms with Crippen molar-refractivity contribution in [2.75, 3.05) is 6.61 Å². The SMILES string of the molecule is CC(=O)ON1C(C)(C)CCC(CO[N+](=O)[O-])C1(C)C. The van der Waals surface area contributed by atoms with Gasteiger partial charge in [-0.25, -0.2) is 0 Å². The maximum absolute atomic E-state index is 11.3. The lowest BCUT2D eigenvalue weighted by Gasteiger charge is -2.53. The molecule has 1 atom stereocenters. The maximum Gasteiger partial charge on any atom is 0.322 e. The molecule has 0 saturated carbocycles. The average molecular weight is 274 g/mol. The van der Waals surface area contributed by atoms with Crippen LogP contribution < -0.4 is 0 Å². The zero-order chi connectivity index (χ0) is 14.8. The van der Waals surface area contributed by atoms with Crippen molar-refractivity contribution in [1.29, 1.82) is 0 Å². The summed E-state index contributed by atoms with van der Waals surface area (Å²) in [5, 5.41) is 11.2. The van der Waals surface area contributed by atoms with Crippen LogP contribution in [0.25, 0.3) is 0 Å². The Labute approximate surface area is 112 Å². The summed E-state index contributed by atoms with van der Waals surface area (Å²) in [7, 11) is 0. The number of hydroxylamine groups is 2. The summed E-state index contributed by atoms with van der Waals surface area (Å²) in [6, 6.07) is 0. The van der Waals surface area contributed by atoms with Gasteiger partial charge in [-0.2, -0.15) is 0 Å². The van der Waals surface area contributed by atoms with E-state index >= 15 is 0 Å². The summed E-state index contributed by atoms with van der Waals surface area (Å²) in [6.45, 7) is 9.15. The first-order chi connectivity index (χ1) is 8.57. The highest BCUT2D eigenvalue weighted by atomic mass is 16.9. The standard InChI is InChI=1S/C12H22N2O5/c1-9(15)19-13-11(2,3)7-6-10(12(13,4)5)8-18-14(16)17/h10H,6-8H2,1-5H3. The van der Waals surface area contributed by atoms with Crippen LogP contribution >= 0.6 is 0 Å². The molecule has 7 heteroatoms. The van der Waals surface area contributed by atoms with Gasteiger partial charge in [-0.15, -0.1) is 15.2 Å². The Bertz CT molecular complexity index is 367. The van der Waals surface area contributed by atoms with Crippen molar-refractivity contribution >= 4 is 5.97 Å². The first kappa shape index (κ1) is 15.7. The predicted octanol–water partition coefficient (Wildman–Crippen LogP) is 1.94. The summed E-state index contributed by atoms with van der Waals surface area (Å²) < 4.78 is 0. The molecule has 0 N–H and O–H groups in total. The van der Waals surface area contributed by atoms with Crippen LogP contribution in [0.2, 0.25) is 0 Å². The molecule has 1 aliphatic rings. The van der Waals surface area contributed by atoms with E-state index in [1.54, 1.807) is 5.06 Å². The summed E-state index contributed by atoms with van der Waals surface area (Å²) in [6.07, 6.45) is 1.56. The first-order valence-corrected chi connectivity index (χ1v) is 6.33. The molecule has 110 valence electrons. The molecule has 1 saturated heterocycles. The summed E-state index contributed by atoms with van der Waals surface area (Å²) in [5.74, 6) is -0.470. The van der Waals surface area contributed by atoms with Crippen LogP contribution in [0.5, 0.6) is 0 Å². The fourth-order valence-electron chi connectivity index (χ4n) is 2.74. The minimum absolute atomic E-state index is 0.00778. The van der Waals surface area contributed by atoms with E-state index in [0.29, 0.717) is 0 Å². The van der Waals surface area contributed by atoms with E-state index < -0.39 is 16.6 Å². The van der Waals surface area contributed by atoms with Crippen LogP contribution in [0, 0.1) is 16.0 Å². The predicted molar refractivity (Wildman–Crippen MR) is 67.4 cm³/mol. The minimum Gasteiger partial charge on any atom is -0.367 e. The van der Waals surface area contributed by atoms with Crippen molar-refractivity contribution < 1.29 is 19.6 Å². The highest BCUT2D eigenvalue weighted by Crippen LogP contribution is 2.42. The molecule has 7 nitrogen and oxygen atoms in total. The molecule has 0 aromatic rings. The van der Waals surface area contributed by atoms with Crippen molar-refractivity contribution in [2.45, 2.75) is 58.5 Å². The molecule has 19 heavy (non-hydrogen) atoms. The Kier molecular flexibility index (Phi) is 4.39. The van der Waals surface area contributed by atoms with E-state index in [1.807, 2.05) is 27.7 Å². The van der Waals surface area contributed by atoms with E-state index in [0.717, 1.165) is 12.8 Å². The number of piperidine rings is 1. The molecule has 1 fully saturated rings. The van der Waals surface area contributed by atoms with Gasteiger partial charge in [0.25, 0.3) is 5.09 Å². The molecular formula is C12H22N2O5. The van der Waals surface area contributed by atoms with Crippen LogP contribution in [-0.2, 0) is 14.5 Å². The van der Waals surface area contributed by atoms with Crippen LogP contribution in [0.3, 0.4) is 0 Å². The third kappa shape index (κ3) is 3.56. The molecule has 0 aromatic carbocycles. The lowest BCUT2D eigenvalue weighted by Crippen LogP contribution is -2.63. The summed E-state index contributed by atoms with van der Waals surface area (Å²) >= 11 is 0. The fraction of sp³-hybridized carbons (Fsp3) is 0.917. The number of carbonyl (C=O) groups is 1. The topological polar surface area (TPSA) is 81.9 Å². The van der Waals surface area contributed by atoms with Gasteiger partial charge < -0.3 is 9.68 Å². The van der Waals surface area contributed by atoms with Gasteiger partial charge in [0, 0.05) is 12.8 Å². The molecule has 0 spiro atoms. The molecule has 0 bridgehead atoms. The number of hydrogen-bond donors (Lipinski definition) is 0. The number of hydrogen-bond acceptors (Lipinski definition) is 6. The van der Waals surface area contributed by atoms with Crippen molar-refractivity contribution in [3.63, 3.8) is 0 Å². The van der Waals surface area contributed by atoms with Gasteiger partial charge >= 0.3 is 5.97 Å². The number of carbonyl (C=O) groups excluding carboxylic acids is 1. The van der Waals surface area contributed by atoms with Gasteiger partial charge in [0.05, 0.1) is 11.1 Å². The largest absolute Gasteiger partial charge is 0.367 e. The second-order valence-corrected chi connectivity index (χ2v) is 6.10. The Balaban J connectivity index is 2.89. The zero-order valence-electron chi connectivity index (χ0n) is 12.1. The molecule has 0 aliphatic carbocycles. The van der Waals surface area contributed by atoms with Crippen molar-refractivity contribution in [3.8, 4) is 0 Å². The lowest BCUT2D eigenvalue weighted by molar-refractivity contribution is -0.760. The average Bonchev–Trinajstić information content (AvgIpc) is 2.22. The molecule has 0 radical (unpaired) electrons. The quantitative estimate of drug-likeness (QED) is 0.575. The normalized spacial score (nSPS) is 25.6. The Morgan fingerprint density at radius 3 is 2.47 bits per heavy atom. The molecule has 1 rings (SSSR count). The van der Waals surface area contributed by atoms with E-state index in [1.165, 1.54) is 6.92 Å². The molecule has 1 unspecified atom stereocenters. The minimum atomic E-state index is -0.786. The smallest absolute Gasteiger partial charge is 0.322 e. The van der Waals surface area contributed by atoms with Crippen molar-refractivity contribution in [2.24, 2.45) is 5.92 Å². The van der Waals surface area contributed by atoms with Gasteiger partial charge in [-0.3, -0.25) is 4.79 Å². The fourth-order valence-corrected chi connectivity index (χ4v) is 2.74. The van der Waals surface area contributed by atoms with Gasteiger partial charge in [0.1, 0.15) is 6.61 Å². The number of nitrogens with zero attached hydrogens (tertiary/aromatic N) is 2. The molecule has 0 amide bonds. The van der Waals surface area contributed by atoms with Crippen LogP contribution in [-0.4, -0.2) is 33.8 Å². The highest BCUT2D eigenvalue weighted by molar-refractivity contribution is 5.65. The molecule has 1 heterocycles. The summed E-state index contributed by atoms with van der Waals surface area (Å²) in [5.41, 5.74) is -0.830. The van der Waals surface area contributed by atoms with E-state index in [4.69, 9.17) is 4.84 Å². The third-order valence-corrected chi connectivity index (χ3v) is 3.78. The second-order valence-electron chi connectivity index (χ2n) is 6.10. The molecule has 0 aromatic heterocycles. The van der Waals surface area contributed by atoms with Gasteiger partial charge in [-0.05, 0) is 40.5 Å². The Hall–Kier alpha value is -1.37. The van der Waals surface area contributed by atoms with Gasteiger partial charge in [-0.1, -0.05) is 0 Å². The van der Waals surface area contributed by atoms with Gasteiger partial charge in [0.2, 0.25) is 0 Å².